The maximum Gasteiger partial charge on any atom is 0.406 e. The molecule has 1 saturated carbocycles. The smallest absolute Gasteiger partial charge is 0.406 e. The van der Waals surface area contributed by atoms with Gasteiger partial charge >= 0.3 is 12.1 Å². The molecule has 1 fully saturated rings. The molecule has 0 aromatic carbocycles. The molecule has 32 nitrogen and oxygen atoms in total. The second kappa shape index (κ2) is 76.6. The van der Waals surface area contributed by atoms with Crippen LogP contribution in [0.25, 0.3) is 0 Å². The Hall–Kier alpha value is -3.37. The summed E-state index contributed by atoms with van der Waals surface area (Å²) in [7, 11) is 1.58. The third kappa shape index (κ3) is 60.9. The van der Waals surface area contributed by atoms with Crippen molar-refractivity contribution in [2.75, 3.05) is 318 Å². The van der Waals surface area contributed by atoms with E-state index in [4.69, 9.17) is 114 Å². The van der Waals surface area contributed by atoms with Crippen molar-refractivity contribution >= 4 is 17.8 Å². The van der Waals surface area contributed by atoms with Crippen molar-refractivity contribution in [1.29, 1.82) is 0 Å². The van der Waals surface area contributed by atoms with E-state index in [0.717, 1.165) is 50.6 Å². The van der Waals surface area contributed by atoms with E-state index in [0.29, 0.717) is 348 Å². The molecule has 1 aromatic rings. The fourth-order valence-corrected chi connectivity index (χ4v) is 11.2. The average molecular weight is 1550 g/mol. The molecule has 32 heteroatoms. The van der Waals surface area contributed by atoms with Crippen LogP contribution in [0, 0.1) is 23.7 Å². The summed E-state index contributed by atoms with van der Waals surface area (Å²) in [6.45, 7) is 25.0. The normalized spacial score (nSPS) is 15.2. The molecule has 0 radical (unpaired) electrons. The van der Waals surface area contributed by atoms with Gasteiger partial charge in [-0.05, 0) is 56.3 Å². The largest absolute Gasteiger partial charge is 0.481 e. The Balaban J connectivity index is 0.858. The highest BCUT2D eigenvalue weighted by molar-refractivity contribution is 5.98. The maximum atomic E-state index is 12.5. The number of aromatic nitrogens is 3. The zero-order valence-corrected chi connectivity index (χ0v) is 65.4. The lowest BCUT2D eigenvalue weighted by molar-refractivity contribution is -0.146. The van der Waals surface area contributed by atoms with E-state index in [1.807, 2.05) is 4.68 Å². The number of rotatable bonds is 87. The Morgan fingerprint density at radius 1 is 0.374 bits per heavy atom. The Kier molecular flexibility index (Phi) is 70.0. The van der Waals surface area contributed by atoms with Crippen LogP contribution in [0.3, 0.4) is 0 Å². The van der Waals surface area contributed by atoms with Crippen molar-refractivity contribution in [2.45, 2.75) is 116 Å². The minimum Gasteiger partial charge on any atom is -0.481 e. The van der Waals surface area contributed by atoms with Crippen molar-refractivity contribution in [3.05, 3.63) is 11.4 Å². The topological polar surface area (TPSA) is 336 Å². The van der Waals surface area contributed by atoms with Crippen LogP contribution in [-0.2, 0) is 143 Å². The number of carboxylic acids is 1. The molecule has 4 atom stereocenters. The van der Waals surface area contributed by atoms with Crippen molar-refractivity contribution < 1.29 is 133 Å². The van der Waals surface area contributed by atoms with Gasteiger partial charge in [-0.25, -0.2) is 9.48 Å². The molecule has 2 aliphatic carbocycles. The summed E-state index contributed by atoms with van der Waals surface area (Å²) < 4.78 is 135. The van der Waals surface area contributed by atoms with Gasteiger partial charge < -0.3 is 124 Å². The van der Waals surface area contributed by atoms with Gasteiger partial charge in [0.15, 0.2) is 0 Å². The summed E-state index contributed by atoms with van der Waals surface area (Å²) in [6, 6.07) is 0. The number of carboxylic acid groups (broad SMARTS) is 1. The Bertz CT molecular complexity index is 2100. The maximum absolute atomic E-state index is 12.5. The molecule has 2 N–H and O–H groups in total. The van der Waals surface area contributed by atoms with Crippen molar-refractivity contribution in [3.8, 4) is 0 Å². The number of amides is 1. The molecule has 3 rings (SSSR count). The van der Waals surface area contributed by atoms with Crippen LogP contribution in [0.1, 0.15) is 108 Å². The zero-order valence-electron chi connectivity index (χ0n) is 65.4. The predicted octanol–water partition coefficient (Wildman–Crippen LogP) is 5.73. The van der Waals surface area contributed by atoms with Crippen LogP contribution in [0.5, 0.6) is 0 Å². The number of nitrogens with zero attached hydrogens (tertiary/aromatic N) is 3. The van der Waals surface area contributed by atoms with E-state index in [1.54, 1.807) is 7.05 Å². The quantitative estimate of drug-likeness (QED) is 0.0581. The van der Waals surface area contributed by atoms with Crippen LogP contribution in [0.2, 0.25) is 0 Å². The molecule has 107 heavy (non-hydrogen) atoms. The summed E-state index contributed by atoms with van der Waals surface area (Å²) >= 11 is 0. The number of aliphatic carboxylic acids is 1. The molecule has 2 aliphatic rings. The Morgan fingerprint density at radius 3 is 0.935 bits per heavy atom. The fourth-order valence-electron chi connectivity index (χ4n) is 11.2. The second-order valence-corrected chi connectivity index (χ2v) is 25.3. The molecular weight excluding hydrogens is 1400 g/mol. The SMILES string of the molecule is CCCCCCCCCCCC(C(=O)O)C(=O)CCCOCCOCCOCCOCCOCCOCCOCCOCCOCCOCCOCCOCCOCCOCCOCCOCCOCCOCCOCCOCCOCCOCCOCCn1nnc2c1CC[C@H]1[C@@H](CC2)[C@H]1COC(=O)NC. The summed E-state index contributed by atoms with van der Waals surface area (Å²) in [5.74, 6) is -0.480. The molecule has 1 amide bonds. The zero-order chi connectivity index (χ0) is 76.1. The van der Waals surface area contributed by atoms with Gasteiger partial charge in [0.05, 0.1) is 322 Å². The van der Waals surface area contributed by atoms with E-state index in [9.17, 15) is 19.5 Å². The number of Topliss-reactive ketones (excluding diaryl/α,β-unsaturated/α-hetero) is 1. The molecule has 1 unspecified atom stereocenters. The molecule has 0 spiro atoms. The van der Waals surface area contributed by atoms with E-state index < -0.39 is 11.9 Å². The third-order valence-electron chi connectivity index (χ3n) is 17.1. The number of fused-ring (bicyclic) bond motifs is 2. The number of nitrogens with one attached hydrogen (secondary N) is 1. The first-order valence-electron chi connectivity index (χ1n) is 39.7. The van der Waals surface area contributed by atoms with E-state index in [1.165, 1.54) is 44.2 Å². The van der Waals surface area contributed by atoms with Crippen molar-refractivity contribution in [1.82, 2.24) is 20.3 Å². The highest BCUT2D eigenvalue weighted by atomic mass is 16.6. The summed E-state index contributed by atoms with van der Waals surface area (Å²) in [4.78, 5) is 35.6. The minimum absolute atomic E-state index is 0.205. The number of ether oxygens (including phenoxy) is 24. The van der Waals surface area contributed by atoms with E-state index in [-0.39, 0.29) is 18.3 Å². The molecule has 628 valence electrons. The van der Waals surface area contributed by atoms with Gasteiger partial charge in [0.25, 0.3) is 0 Å². The van der Waals surface area contributed by atoms with Gasteiger partial charge in [0.1, 0.15) is 11.7 Å². The number of alkyl carbamates (subject to hydrolysis) is 1. The van der Waals surface area contributed by atoms with Gasteiger partial charge in [-0.15, -0.1) is 5.10 Å². The van der Waals surface area contributed by atoms with Crippen LogP contribution in [0.15, 0.2) is 0 Å². The standard InChI is InChI=1S/C75H140N4O28/c1-3-4-5-6-7-8-9-10-11-13-69(74(81)82)73(80)14-12-20-84-22-24-86-26-28-88-30-32-90-34-36-92-38-40-94-42-44-96-46-48-98-50-52-100-54-56-102-58-60-104-62-64-106-65-63-105-61-59-103-57-55-101-53-51-99-49-47-97-45-43-95-41-39-93-37-35-91-33-31-89-29-27-87-25-23-85-21-19-79-72-18-16-68-67(15-17-71(72)77-78-79)70(68)66-107-75(83)76-2/h67-70H,3-66H2,1-2H3,(H,76,83)(H,81,82)/t67-,68+,69?,70-/m1/s1. The highest BCUT2D eigenvalue weighted by Crippen LogP contribution is 2.53. The molecule has 1 aromatic heterocycles. The molecule has 0 aliphatic heterocycles. The van der Waals surface area contributed by atoms with Gasteiger partial charge in [0, 0.05) is 20.1 Å². The Morgan fingerprint density at radius 2 is 0.645 bits per heavy atom. The lowest BCUT2D eigenvalue weighted by Crippen LogP contribution is -2.24. The van der Waals surface area contributed by atoms with Crippen LogP contribution < -0.4 is 5.32 Å². The predicted molar refractivity (Wildman–Crippen MR) is 394 cm³/mol. The fraction of sp³-hybridized carbons (Fsp3) is 0.933. The monoisotopic (exact) mass is 1540 g/mol. The number of carbonyl (C=O) groups excluding carboxylic acids is 2. The average Bonchev–Trinajstić information content (AvgIpc) is 1.61. The molecule has 0 bridgehead atoms. The molecular formula is C75H140N4O28. The summed E-state index contributed by atoms with van der Waals surface area (Å²) in [5.41, 5.74) is 2.28. The molecule has 1 heterocycles. The van der Waals surface area contributed by atoms with Crippen LogP contribution >= 0.6 is 0 Å². The number of ketones is 1. The lowest BCUT2D eigenvalue weighted by atomic mass is 9.94. The number of carbonyl (C=O) groups is 3. The summed E-state index contributed by atoms with van der Waals surface area (Å²) in [6.07, 6.45) is 15.1. The lowest BCUT2D eigenvalue weighted by Gasteiger charge is -2.11. The van der Waals surface area contributed by atoms with E-state index >= 15 is 0 Å². The van der Waals surface area contributed by atoms with Gasteiger partial charge in [-0.1, -0.05) is 69.9 Å². The van der Waals surface area contributed by atoms with Crippen molar-refractivity contribution in [2.24, 2.45) is 23.7 Å². The van der Waals surface area contributed by atoms with Crippen LogP contribution in [0.4, 0.5) is 4.79 Å². The first-order chi connectivity index (χ1) is 53.0. The number of aryl methyl sites for hydroxylation is 1. The third-order valence-corrected chi connectivity index (χ3v) is 17.1. The first kappa shape index (κ1) is 97.8. The number of unbranched alkanes of at least 4 members (excludes halogenated alkanes) is 8. The first-order valence-corrected chi connectivity index (χ1v) is 39.7. The second-order valence-electron chi connectivity index (χ2n) is 25.3. The number of hydrogen-bond acceptors (Lipinski definition) is 29. The molecule has 0 saturated heterocycles. The van der Waals surface area contributed by atoms with E-state index in [2.05, 4.69) is 22.6 Å². The van der Waals surface area contributed by atoms with Gasteiger partial charge in [0.2, 0.25) is 0 Å². The van der Waals surface area contributed by atoms with Gasteiger partial charge in [-0.3, -0.25) is 9.59 Å². The number of hydrogen-bond donors (Lipinski definition) is 2. The summed E-state index contributed by atoms with van der Waals surface area (Å²) in [5, 5.41) is 20.9. The Labute approximate surface area is 637 Å². The highest BCUT2D eigenvalue weighted by Gasteiger charge is 2.50. The van der Waals surface area contributed by atoms with Crippen LogP contribution in [-0.4, -0.2) is 356 Å². The van der Waals surface area contributed by atoms with Gasteiger partial charge in [-0.2, -0.15) is 0 Å². The van der Waals surface area contributed by atoms with Crippen molar-refractivity contribution in [3.63, 3.8) is 0 Å². The minimum atomic E-state index is -1.02.